The molecule has 0 spiro atoms. The Morgan fingerprint density at radius 1 is 1.25 bits per heavy atom. The number of nitrogens with one attached hydrogen (secondary N) is 1. The Kier molecular flexibility index (Phi) is 5.84. The first-order valence-corrected chi connectivity index (χ1v) is 11.1. The number of carbonyl (C=O) groups excluding carboxylic acids is 1. The van der Waals surface area contributed by atoms with Gasteiger partial charge in [-0.25, -0.2) is 4.98 Å². The van der Waals surface area contributed by atoms with Gasteiger partial charge < -0.3 is 14.4 Å². The Hall–Kier alpha value is -2.50. The first kappa shape index (κ1) is 18.8. The van der Waals surface area contributed by atoms with Crippen LogP contribution in [-0.2, 0) is 17.0 Å². The number of aromatic nitrogens is 4. The van der Waals surface area contributed by atoms with E-state index in [1.807, 2.05) is 16.8 Å². The van der Waals surface area contributed by atoms with Gasteiger partial charge in [0.2, 0.25) is 11.8 Å². The number of carbonyl (C=O) groups is 1. The van der Waals surface area contributed by atoms with E-state index in [9.17, 15) is 4.79 Å². The van der Waals surface area contributed by atoms with Gasteiger partial charge >= 0.3 is 0 Å². The molecule has 0 aromatic carbocycles. The molecule has 0 radical (unpaired) electrons. The summed E-state index contributed by atoms with van der Waals surface area (Å²) in [6.45, 7) is 1.76. The summed E-state index contributed by atoms with van der Waals surface area (Å²) in [4.78, 5) is 22.0. The van der Waals surface area contributed by atoms with E-state index in [-0.39, 0.29) is 12.3 Å². The first-order valence-electron chi connectivity index (χ1n) is 8.32. The maximum atomic E-state index is 11.9. The van der Waals surface area contributed by atoms with E-state index >= 15 is 0 Å². The highest BCUT2D eigenvalue weighted by Crippen LogP contribution is 2.31. The molecule has 0 aliphatic heterocycles. The van der Waals surface area contributed by atoms with Crippen LogP contribution < -0.4 is 5.32 Å². The monoisotopic (exact) mass is 433 g/mol. The molecule has 0 unspecified atom stereocenters. The molecule has 4 rings (SSSR count). The summed E-state index contributed by atoms with van der Waals surface area (Å²) < 4.78 is 11.1. The lowest BCUT2D eigenvalue weighted by Gasteiger charge is -1.98. The van der Waals surface area contributed by atoms with Crippen molar-refractivity contribution < 1.29 is 13.8 Å². The highest BCUT2D eigenvalue weighted by atomic mass is 32.2. The maximum absolute atomic E-state index is 11.9. The lowest BCUT2D eigenvalue weighted by molar-refractivity contribution is -0.116. The van der Waals surface area contributed by atoms with E-state index in [1.54, 1.807) is 47.4 Å². The number of nitrogens with zero attached hydrogens (tertiary/aromatic N) is 4. The van der Waals surface area contributed by atoms with Gasteiger partial charge in [0.15, 0.2) is 16.0 Å². The molecule has 28 heavy (non-hydrogen) atoms. The third-order valence-electron chi connectivity index (χ3n) is 3.55. The summed E-state index contributed by atoms with van der Waals surface area (Å²) >= 11 is 4.83. The lowest BCUT2D eigenvalue weighted by Crippen LogP contribution is -2.12. The van der Waals surface area contributed by atoms with Crippen LogP contribution in [0.5, 0.6) is 0 Å². The van der Waals surface area contributed by atoms with Gasteiger partial charge in [-0.1, -0.05) is 28.1 Å². The summed E-state index contributed by atoms with van der Waals surface area (Å²) in [6, 6.07) is 5.72. The number of hydrogen-bond donors (Lipinski definition) is 1. The molecule has 0 fully saturated rings. The van der Waals surface area contributed by atoms with Crippen molar-refractivity contribution in [2.24, 2.45) is 0 Å². The number of aryl methyl sites for hydroxylation is 2. The first-order chi connectivity index (χ1) is 13.7. The fraction of sp³-hybridized carbons (Fsp3) is 0.235. The molecule has 1 amide bonds. The predicted octanol–water partition coefficient (Wildman–Crippen LogP) is 4.41. The summed E-state index contributed by atoms with van der Waals surface area (Å²) in [5.41, 5.74) is 0.990. The highest BCUT2D eigenvalue weighted by Gasteiger charge is 2.12. The number of thiophene rings is 1. The van der Waals surface area contributed by atoms with Gasteiger partial charge in [0, 0.05) is 24.3 Å². The second-order valence-electron chi connectivity index (χ2n) is 5.74. The van der Waals surface area contributed by atoms with Crippen molar-refractivity contribution in [3.8, 4) is 10.6 Å². The zero-order valence-electron chi connectivity index (χ0n) is 14.7. The number of amides is 1. The van der Waals surface area contributed by atoms with Gasteiger partial charge in [-0.15, -0.1) is 22.7 Å². The largest absolute Gasteiger partial charge is 0.360 e. The number of hydrogen-bond acceptors (Lipinski definition) is 10. The van der Waals surface area contributed by atoms with Crippen LogP contribution in [-0.4, -0.2) is 26.2 Å². The van der Waals surface area contributed by atoms with Gasteiger partial charge in [0.1, 0.15) is 5.76 Å². The molecular weight excluding hydrogens is 418 g/mol. The standard InChI is InChI=1S/C17H15N5O3S3/c1-10-7-13(21-24-10)19-15(23)4-5-16-20-14(22-25-16)9-28-17-18-11(8-27-17)12-3-2-6-26-12/h2-3,6-8H,4-5,9H2,1H3,(H,19,21,23). The molecule has 11 heteroatoms. The van der Waals surface area contributed by atoms with Crippen molar-refractivity contribution in [3.05, 3.63) is 46.4 Å². The molecule has 0 saturated carbocycles. The predicted molar refractivity (Wildman–Crippen MR) is 107 cm³/mol. The van der Waals surface area contributed by atoms with Crippen LogP contribution in [0, 0.1) is 6.92 Å². The fourth-order valence-electron chi connectivity index (χ4n) is 2.29. The Bertz CT molecular complexity index is 1050. The molecule has 8 nitrogen and oxygen atoms in total. The molecule has 4 aromatic rings. The molecule has 0 bridgehead atoms. The van der Waals surface area contributed by atoms with Crippen molar-refractivity contribution in [2.75, 3.05) is 5.32 Å². The number of rotatable bonds is 8. The van der Waals surface area contributed by atoms with Crippen LogP contribution in [0.3, 0.4) is 0 Å². The normalized spacial score (nSPS) is 11.0. The number of thiazole rings is 1. The van der Waals surface area contributed by atoms with Gasteiger partial charge in [-0.3, -0.25) is 4.79 Å². The van der Waals surface area contributed by atoms with Crippen molar-refractivity contribution >= 4 is 46.2 Å². The third-order valence-corrected chi connectivity index (χ3v) is 6.46. The van der Waals surface area contributed by atoms with E-state index in [0.29, 0.717) is 35.5 Å². The minimum atomic E-state index is -0.189. The molecule has 0 saturated heterocycles. The second kappa shape index (κ2) is 8.67. The van der Waals surface area contributed by atoms with Gasteiger partial charge in [-0.05, 0) is 18.4 Å². The molecule has 0 atom stereocenters. The van der Waals surface area contributed by atoms with Crippen LogP contribution in [0.2, 0.25) is 0 Å². The Morgan fingerprint density at radius 3 is 2.96 bits per heavy atom. The molecule has 4 heterocycles. The average Bonchev–Trinajstić information content (AvgIpc) is 3.45. The smallest absolute Gasteiger partial charge is 0.227 e. The van der Waals surface area contributed by atoms with Crippen molar-refractivity contribution in [3.63, 3.8) is 0 Å². The Morgan fingerprint density at radius 2 is 2.18 bits per heavy atom. The topological polar surface area (TPSA) is 107 Å². The zero-order valence-corrected chi connectivity index (χ0v) is 17.2. The minimum absolute atomic E-state index is 0.189. The molecule has 4 aromatic heterocycles. The van der Waals surface area contributed by atoms with Crippen molar-refractivity contribution in [2.45, 2.75) is 29.9 Å². The van der Waals surface area contributed by atoms with E-state index < -0.39 is 0 Å². The number of thioether (sulfide) groups is 1. The SMILES string of the molecule is Cc1cc(NC(=O)CCc2nc(CSc3nc(-c4cccs4)cs3)no2)no1. The van der Waals surface area contributed by atoms with Crippen molar-refractivity contribution in [1.82, 2.24) is 20.3 Å². The van der Waals surface area contributed by atoms with Crippen LogP contribution in [0.25, 0.3) is 10.6 Å². The van der Waals surface area contributed by atoms with E-state index in [2.05, 4.69) is 31.7 Å². The Balaban J connectivity index is 1.24. The lowest BCUT2D eigenvalue weighted by atomic mass is 10.3. The van der Waals surface area contributed by atoms with E-state index in [0.717, 1.165) is 14.9 Å². The highest BCUT2D eigenvalue weighted by molar-refractivity contribution is 8.00. The molecular formula is C17H15N5O3S3. The van der Waals surface area contributed by atoms with Gasteiger partial charge in [-0.2, -0.15) is 4.98 Å². The molecule has 0 aliphatic carbocycles. The molecule has 144 valence electrons. The average molecular weight is 434 g/mol. The van der Waals surface area contributed by atoms with Gasteiger partial charge in [0.25, 0.3) is 0 Å². The van der Waals surface area contributed by atoms with Crippen LogP contribution in [0.1, 0.15) is 23.9 Å². The summed E-state index contributed by atoms with van der Waals surface area (Å²) in [7, 11) is 0. The summed E-state index contributed by atoms with van der Waals surface area (Å²) in [6.07, 6.45) is 0.581. The van der Waals surface area contributed by atoms with Crippen molar-refractivity contribution in [1.29, 1.82) is 0 Å². The van der Waals surface area contributed by atoms with Crippen LogP contribution in [0.4, 0.5) is 5.82 Å². The Labute approximate surface area is 172 Å². The summed E-state index contributed by atoms with van der Waals surface area (Å²) in [5, 5.41) is 14.4. The minimum Gasteiger partial charge on any atom is -0.360 e. The van der Waals surface area contributed by atoms with E-state index in [1.165, 1.54) is 0 Å². The third kappa shape index (κ3) is 4.86. The number of anilines is 1. The quantitative estimate of drug-likeness (QED) is 0.407. The van der Waals surface area contributed by atoms with E-state index in [4.69, 9.17) is 9.05 Å². The summed E-state index contributed by atoms with van der Waals surface area (Å²) in [5.74, 6) is 2.42. The van der Waals surface area contributed by atoms with Gasteiger partial charge in [0.05, 0.1) is 16.3 Å². The molecule has 1 N–H and O–H groups in total. The van der Waals surface area contributed by atoms with Crippen LogP contribution in [0.15, 0.2) is 42.3 Å². The second-order valence-corrected chi connectivity index (χ2v) is 8.77. The fourth-order valence-corrected chi connectivity index (χ4v) is 4.72. The maximum Gasteiger partial charge on any atom is 0.227 e. The molecule has 0 aliphatic rings. The van der Waals surface area contributed by atoms with Crippen LogP contribution >= 0.6 is 34.4 Å². The zero-order chi connectivity index (χ0) is 19.3.